The maximum absolute atomic E-state index is 12.3. The van der Waals surface area contributed by atoms with Crippen molar-refractivity contribution in [3.05, 3.63) is 35.9 Å². The van der Waals surface area contributed by atoms with Crippen molar-refractivity contribution < 1.29 is 9.63 Å². The average molecular weight is 354 g/mol. The van der Waals surface area contributed by atoms with E-state index in [4.69, 9.17) is 10.6 Å². The van der Waals surface area contributed by atoms with Gasteiger partial charge in [-0.1, -0.05) is 49.3 Å². The largest absolute Gasteiger partial charge is 0.391 e. The molecule has 0 radical (unpaired) electrons. The highest BCUT2D eigenvalue weighted by Crippen LogP contribution is 2.12. The van der Waals surface area contributed by atoms with Crippen LogP contribution in [-0.4, -0.2) is 35.7 Å². The Kier molecular flexibility index (Phi) is 8.79. The maximum Gasteiger partial charge on any atom is 0.239 e. The molecule has 2 N–H and O–H groups in total. The molecule has 1 heterocycles. The van der Waals surface area contributed by atoms with Crippen molar-refractivity contribution in [2.24, 2.45) is 16.8 Å². The number of benzene rings is 1. The van der Waals surface area contributed by atoms with Crippen molar-refractivity contribution in [3.8, 4) is 0 Å². The van der Waals surface area contributed by atoms with E-state index in [0.29, 0.717) is 25.6 Å². The summed E-state index contributed by atoms with van der Waals surface area (Å²) in [5.74, 6) is 0.491. The topological polar surface area (TPSA) is 67.9 Å². The van der Waals surface area contributed by atoms with E-state index in [-0.39, 0.29) is 24.4 Å². The van der Waals surface area contributed by atoms with Crippen LogP contribution in [0.5, 0.6) is 0 Å². The van der Waals surface area contributed by atoms with Gasteiger partial charge in [0.25, 0.3) is 0 Å². The van der Waals surface area contributed by atoms with Crippen molar-refractivity contribution in [1.82, 2.24) is 4.90 Å². The summed E-state index contributed by atoms with van der Waals surface area (Å²) in [4.78, 5) is 19.5. The van der Waals surface area contributed by atoms with E-state index < -0.39 is 0 Å². The number of hydrogen-bond acceptors (Lipinski definition) is 4. The van der Waals surface area contributed by atoms with Crippen LogP contribution in [0.15, 0.2) is 35.5 Å². The van der Waals surface area contributed by atoms with Gasteiger partial charge in [0.2, 0.25) is 5.91 Å². The van der Waals surface area contributed by atoms with E-state index in [2.05, 4.69) is 19.0 Å². The first-order valence-corrected chi connectivity index (χ1v) is 8.32. The zero-order valence-corrected chi connectivity index (χ0v) is 15.3. The third kappa shape index (κ3) is 6.49. The highest BCUT2D eigenvalue weighted by atomic mass is 35.5. The Morgan fingerprint density at radius 3 is 2.46 bits per heavy atom. The van der Waals surface area contributed by atoms with Crippen molar-refractivity contribution in [1.29, 1.82) is 0 Å². The number of nitrogens with two attached hydrogens (primary N) is 1. The summed E-state index contributed by atoms with van der Waals surface area (Å²) >= 11 is 0. The minimum Gasteiger partial charge on any atom is -0.391 e. The zero-order valence-electron chi connectivity index (χ0n) is 14.5. The standard InChI is InChI=1S/C18H27N3O2.ClH/c1-14(2)12-17(19)18(22)21-10-8-16(9-11-21)20-23-13-15-6-4-3-5-7-15;/h3-7,14,17H,8-13,19H2,1-2H3;1H. The first-order chi connectivity index (χ1) is 11.1. The third-order valence-corrected chi connectivity index (χ3v) is 3.96. The monoisotopic (exact) mass is 353 g/mol. The van der Waals surface area contributed by atoms with Crippen LogP contribution in [0.3, 0.4) is 0 Å². The summed E-state index contributed by atoms with van der Waals surface area (Å²) in [5, 5.41) is 4.21. The summed E-state index contributed by atoms with van der Waals surface area (Å²) < 4.78 is 0. The lowest BCUT2D eigenvalue weighted by molar-refractivity contribution is -0.133. The molecule has 1 unspecified atom stereocenters. The molecule has 0 spiro atoms. The molecule has 0 bridgehead atoms. The van der Waals surface area contributed by atoms with E-state index in [1.54, 1.807) is 0 Å². The second-order valence-electron chi connectivity index (χ2n) is 6.48. The molecule has 1 saturated heterocycles. The van der Waals surface area contributed by atoms with Gasteiger partial charge in [0.05, 0.1) is 11.8 Å². The highest BCUT2D eigenvalue weighted by Gasteiger charge is 2.25. The predicted octanol–water partition coefficient (Wildman–Crippen LogP) is 2.98. The smallest absolute Gasteiger partial charge is 0.239 e. The van der Waals surface area contributed by atoms with Crippen molar-refractivity contribution in [3.63, 3.8) is 0 Å². The molecule has 2 rings (SSSR count). The van der Waals surface area contributed by atoms with E-state index >= 15 is 0 Å². The molecule has 1 atom stereocenters. The number of likely N-dealkylation sites (tertiary alicyclic amines) is 1. The molecule has 0 saturated carbocycles. The first kappa shape index (κ1) is 20.5. The summed E-state index contributed by atoms with van der Waals surface area (Å²) in [6.45, 7) is 6.00. The van der Waals surface area contributed by atoms with Gasteiger partial charge in [-0.2, -0.15) is 0 Å². The van der Waals surface area contributed by atoms with Crippen LogP contribution in [0.4, 0.5) is 0 Å². The van der Waals surface area contributed by atoms with E-state index in [0.717, 1.165) is 30.5 Å². The second kappa shape index (κ2) is 10.3. The Balaban J connectivity index is 0.00000288. The van der Waals surface area contributed by atoms with Gasteiger partial charge >= 0.3 is 0 Å². The molecular weight excluding hydrogens is 326 g/mol. The number of carbonyl (C=O) groups excluding carboxylic acids is 1. The summed E-state index contributed by atoms with van der Waals surface area (Å²) in [5.41, 5.74) is 8.10. The number of rotatable bonds is 6. The minimum absolute atomic E-state index is 0. The van der Waals surface area contributed by atoms with Crippen LogP contribution in [-0.2, 0) is 16.2 Å². The van der Waals surface area contributed by atoms with Gasteiger partial charge in [-0.3, -0.25) is 4.79 Å². The molecule has 1 fully saturated rings. The molecule has 1 amide bonds. The van der Waals surface area contributed by atoms with Crippen LogP contribution in [0.2, 0.25) is 0 Å². The lowest BCUT2D eigenvalue weighted by Gasteiger charge is -2.30. The SMILES string of the molecule is CC(C)CC(N)C(=O)N1CCC(=NOCc2ccccc2)CC1.Cl. The Morgan fingerprint density at radius 1 is 1.25 bits per heavy atom. The summed E-state index contributed by atoms with van der Waals surface area (Å²) in [7, 11) is 0. The Hall–Kier alpha value is -1.59. The van der Waals surface area contributed by atoms with Crippen molar-refractivity contribution in [2.75, 3.05) is 13.1 Å². The van der Waals surface area contributed by atoms with Gasteiger partial charge < -0.3 is 15.5 Å². The van der Waals surface area contributed by atoms with Crippen LogP contribution in [0.25, 0.3) is 0 Å². The first-order valence-electron chi connectivity index (χ1n) is 8.32. The lowest BCUT2D eigenvalue weighted by Crippen LogP contribution is -2.47. The molecule has 24 heavy (non-hydrogen) atoms. The molecule has 5 nitrogen and oxygen atoms in total. The number of nitrogens with zero attached hydrogens (tertiary/aromatic N) is 2. The fraction of sp³-hybridized carbons (Fsp3) is 0.556. The molecule has 1 aromatic rings. The third-order valence-electron chi connectivity index (χ3n) is 3.96. The fourth-order valence-electron chi connectivity index (χ4n) is 2.69. The molecule has 6 heteroatoms. The van der Waals surface area contributed by atoms with Gasteiger partial charge in [0.1, 0.15) is 6.61 Å². The van der Waals surface area contributed by atoms with Gasteiger partial charge in [0.15, 0.2) is 0 Å². The number of halogens is 1. The molecule has 134 valence electrons. The van der Waals surface area contributed by atoms with Crippen LogP contribution in [0.1, 0.15) is 38.7 Å². The van der Waals surface area contributed by atoms with E-state index in [1.807, 2.05) is 35.2 Å². The summed E-state index contributed by atoms with van der Waals surface area (Å²) in [6, 6.07) is 9.58. The molecule has 1 aliphatic heterocycles. The van der Waals surface area contributed by atoms with Crippen LogP contribution >= 0.6 is 12.4 Å². The van der Waals surface area contributed by atoms with E-state index in [9.17, 15) is 4.79 Å². The number of amides is 1. The lowest BCUT2D eigenvalue weighted by atomic mass is 10.0. The van der Waals surface area contributed by atoms with Gasteiger partial charge in [-0.25, -0.2) is 0 Å². The van der Waals surface area contributed by atoms with Crippen molar-refractivity contribution in [2.45, 2.75) is 45.8 Å². The molecular formula is C18H28ClN3O2. The quantitative estimate of drug-likeness (QED) is 0.799. The van der Waals surface area contributed by atoms with Gasteiger partial charge in [-0.15, -0.1) is 12.4 Å². The van der Waals surface area contributed by atoms with E-state index in [1.165, 1.54) is 0 Å². The molecule has 0 aromatic heterocycles. The van der Waals surface area contributed by atoms with Crippen molar-refractivity contribution >= 4 is 24.0 Å². The number of hydrogen-bond donors (Lipinski definition) is 1. The Bertz CT molecular complexity index is 524. The Labute approximate surface area is 150 Å². The molecule has 0 aliphatic carbocycles. The number of piperidine rings is 1. The number of oxime groups is 1. The van der Waals surface area contributed by atoms with Gasteiger partial charge in [-0.05, 0) is 17.9 Å². The van der Waals surface area contributed by atoms with Gasteiger partial charge in [0, 0.05) is 25.9 Å². The molecule has 1 aliphatic rings. The number of carbonyl (C=O) groups is 1. The second-order valence-corrected chi connectivity index (χ2v) is 6.48. The van der Waals surface area contributed by atoms with Crippen LogP contribution in [0, 0.1) is 5.92 Å². The Morgan fingerprint density at radius 2 is 1.88 bits per heavy atom. The average Bonchev–Trinajstić information content (AvgIpc) is 2.55. The normalized spacial score (nSPS) is 15.7. The van der Waals surface area contributed by atoms with Crippen LogP contribution < -0.4 is 5.73 Å². The minimum atomic E-state index is -0.386. The fourth-order valence-corrected chi connectivity index (χ4v) is 2.69. The zero-order chi connectivity index (χ0) is 16.7. The maximum atomic E-state index is 12.3. The predicted molar refractivity (Wildman–Crippen MR) is 99.2 cm³/mol. The molecule has 1 aromatic carbocycles. The summed E-state index contributed by atoms with van der Waals surface area (Å²) in [6.07, 6.45) is 2.25. The highest BCUT2D eigenvalue weighted by molar-refractivity contribution is 5.88.